The molecule has 2 aromatic carbocycles. The third-order valence-electron chi connectivity index (χ3n) is 4.67. The molecular weight excluding hydrogens is 310 g/mol. The molecule has 0 aliphatic rings. The molecule has 1 amide bonds. The maximum Gasteiger partial charge on any atom is 0.258 e. The minimum Gasteiger partial charge on any atom is -0.483 e. The van der Waals surface area contributed by atoms with Gasteiger partial charge in [-0.15, -0.1) is 0 Å². The van der Waals surface area contributed by atoms with Crippen molar-refractivity contribution >= 4 is 5.91 Å². The molecule has 0 aliphatic carbocycles. The SMILES string of the molecule is CC[C@@H](NC(=O)COc1cc(C)cc(C)c1C)c1ccc(C)cc1C. The van der Waals surface area contributed by atoms with E-state index in [-0.39, 0.29) is 18.6 Å². The number of hydrogen-bond acceptors (Lipinski definition) is 2. The highest BCUT2D eigenvalue weighted by Gasteiger charge is 2.15. The normalized spacial score (nSPS) is 11.9. The molecule has 0 radical (unpaired) electrons. The minimum atomic E-state index is -0.0922. The number of aryl methyl sites for hydroxylation is 4. The topological polar surface area (TPSA) is 38.3 Å². The average Bonchev–Trinajstić information content (AvgIpc) is 2.55. The predicted octanol–water partition coefficient (Wildman–Crippen LogP) is 4.88. The number of rotatable bonds is 6. The summed E-state index contributed by atoms with van der Waals surface area (Å²) in [6.07, 6.45) is 0.845. The Morgan fingerprint density at radius 1 is 1.00 bits per heavy atom. The lowest BCUT2D eigenvalue weighted by Gasteiger charge is -2.20. The second kappa shape index (κ2) is 8.19. The molecule has 1 N–H and O–H groups in total. The molecule has 0 heterocycles. The van der Waals surface area contributed by atoms with E-state index >= 15 is 0 Å². The maximum atomic E-state index is 12.4. The van der Waals surface area contributed by atoms with E-state index in [1.807, 2.05) is 19.9 Å². The first-order valence-electron chi connectivity index (χ1n) is 8.89. The van der Waals surface area contributed by atoms with Crippen molar-refractivity contribution in [3.05, 3.63) is 63.7 Å². The zero-order chi connectivity index (χ0) is 18.6. The predicted molar refractivity (Wildman–Crippen MR) is 103 cm³/mol. The van der Waals surface area contributed by atoms with Gasteiger partial charge in [0.25, 0.3) is 5.91 Å². The molecule has 0 spiro atoms. The summed E-state index contributed by atoms with van der Waals surface area (Å²) in [5, 5.41) is 3.10. The molecule has 0 fully saturated rings. The third kappa shape index (κ3) is 4.85. The van der Waals surface area contributed by atoms with Crippen LogP contribution in [-0.2, 0) is 4.79 Å². The number of hydrogen-bond donors (Lipinski definition) is 1. The van der Waals surface area contributed by atoms with Crippen LogP contribution in [0.2, 0.25) is 0 Å². The molecule has 0 unspecified atom stereocenters. The van der Waals surface area contributed by atoms with Crippen molar-refractivity contribution in [2.45, 2.75) is 54.0 Å². The van der Waals surface area contributed by atoms with Gasteiger partial charge in [0.2, 0.25) is 0 Å². The van der Waals surface area contributed by atoms with Gasteiger partial charge in [-0.3, -0.25) is 4.79 Å². The van der Waals surface area contributed by atoms with Crippen molar-refractivity contribution in [3.63, 3.8) is 0 Å². The summed E-state index contributed by atoms with van der Waals surface area (Å²) in [4.78, 5) is 12.4. The zero-order valence-corrected chi connectivity index (χ0v) is 16.2. The largest absolute Gasteiger partial charge is 0.483 e. The standard InChI is InChI=1S/C22H29NO2/c1-7-20(19-9-8-14(2)10-17(19)5)23-22(24)13-25-21-12-15(3)11-16(4)18(21)6/h8-12,20H,7,13H2,1-6H3,(H,23,24)/t20-/m1/s1. The molecule has 3 heteroatoms. The zero-order valence-electron chi connectivity index (χ0n) is 16.2. The molecular formula is C22H29NO2. The monoisotopic (exact) mass is 339 g/mol. The van der Waals surface area contributed by atoms with Gasteiger partial charge in [-0.2, -0.15) is 0 Å². The molecule has 0 bridgehead atoms. The van der Waals surface area contributed by atoms with Gasteiger partial charge in [0.15, 0.2) is 6.61 Å². The molecule has 1 atom stereocenters. The summed E-state index contributed by atoms with van der Waals surface area (Å²) in [6.45, 7) is 12.4. The Bertz CT molecular complexity index is 765. The number of nitrogens with one attached hydrogen (secondary N) is 1. The fraction of sp³-hybridized carbons (Fsp3) is 0.409. The first-order chi connectivity index (χ1) is 11.8. The van der Waals surface area contributed by atoms with Gasteiger partial charge >= 0.3 is 0 Å². The minimum absolute atomic E-state index is 0.0112. The van der Waals surface area contributed by atoms with E-state index in [4.69, 9.17) is 4.74 Å². The second-order valence-electron chi connectivity index (χ2n) is 6.88. The van der Waals surface area contributed by atoms with Crippen LogP contribution in [0, 0.1) is 34.6 Å². The smallest absolute Gasteiger partial charge is 0.258 e. The molecule has 2 aromatic rings. The van der Waals surface area contributed by atoms with Crippen LogP contribution < -0.4 is 10.1 Å². The van der Waals surface area contributed by atoms with Crippen molar-refractivity contribution in [2.75, 3.05) is 6.61 Å². The summed E-state index contributed by atoms with van der Waals surface area (Å²) in [7, 11) is 0. The lowest BCUT2D eigenvalue weighted by atomic mass is 9.97. The van der Waals surface area contributed by atoms with Crippen LogP contribution >= 0.6 is 0 Å². The van der Waals surface area contributed by atoms with Gasteiger partial charge in [0, 0.05) is 0 Å². The number of ether oxygens (including phenoxy) is 1. The third-order valence-corrected chi connectivity index (χ3v) is 4.67. The fourth-order valence-corrected chi connectivity index (χ4v) is 3.15. The highest BCUT2D eigenvalue weighted by molar-refractivity contribution is 5.78. The Labute approximate surface area is 151 Å². The Hall–Kier alpha value is -2.29. The Kier molecular flexibility index (Phi) is 6.24. The molecule has 25 heavy (non-hydrogen) atoms. The van der Waals surface area contributed by atoms with E-state index in [1.165, 1.54) is 22.3 Å². The van der Waals surface area contributed by atoms with Crippen LogP contribution in [0.3, 0.4) is 0 Å². The fourth-order valence-electron chi connectivity index (χ4n) is 3.15. The van der Waals surface area contributed by atoms with E-state index in [0.717, 1.165) is 23.3 Å². The van der Waals surface area contributed by atoms with Crippen LogP contribution in [0.15, 0.2) is 30.3 Å². The maximum absolute atomic E-state index is 12.4. The van der Waals surface area contributed by atoms with E-state index in [0.29, 0.717) is 0 Å². The van der Waals surface area contributed by atoms with Crippen LogP contribution in [-0.4, -0.2) is 12.5 Å². The van der Waals surface area contributed by atoms with E-state index in [2.05, 4.69) is 57.3 Å². The molecule has 3 nitrogen and oxygen atoms in total. The van der Waals surface area contributed by atoms with E-state index in [9.17, 15) is 4.79 Å². The Balaban J connectivity index is 2.03. The van der Waals surface area contributed by atoms with Crippen LogP contribution in [0.5, 0.6) is 5.75 Å². The average molecular weight is 339 g/mol. The molecule has 2 rings (SSSR count). The van der Waals surface area contributed by atoms with Crippen LogP contribution in [0.25, 0.3) is 0 Å². The molecule has 0 aromatic heterocycles. The van der Waals surface area contributed by atoms with E-state index < -0.39 is 0 Å². The lowest BCUT2D eigenvalue weighted by molar-refractivity contribution is -0.123. The first-order valence-corrected chi connectivity index (χ1v) is 8.89. The van der Waals surface area contributed by atoms with Gasteiger partial charge in [-0.1, -0.05) is 36.8 Å². The number of benzene rings is 2. The molecule has 134 valence electrons. The van der Waals surface area contributed by atoms with Gasteiger partial charge in [0.1, 0.15) is 5.75 Å². The van der Waals surface area contributed by atoms with Crippen molar-refractivity contribution in [1.29, 1.82) is 0 Å². The number of amides is 1. The molecule has 0 aliphatic heterocycles. The van der Waals surface area contributed by atoms with Gasteiger partial charge in [0.05, 0.1) is 6.04 Å². The molecule has 0 saturated heterocycles. The highest BCUT2D eigenvalue weighted by Crippen LogP contribution is 2.24. The van der Waals surface area contributed by atoms with Gasteiger partial charge in [-0.25, -0.2) is 0 Å². The number of carbonyl (C=O) groups excluding carboxylic acids is 1. The van der Waals surface area contributed by atoms with Crippen molar-refractivity contribution in [3.8, 4) is 5.75 Å². The Morgan fingerprint density at radius 3 is 2.32 bits per heavy atom. The van der Waals surface area contributed by atoms with Crippen molar-refractivity contribution in [1.82, 2.24) is 5.32 Å². The van der Waals surface area contributed by atoms with Gasteiger partial charge < -0.3 is 10.1 Å². The summed E-state index contributed by atoms with van der Waals surface area (Å²) in [5.41, 5.74) is 7.01. The summed E-state index contributed by atoms with van der Waals surface area (Å²) < 4.78 is 5.78. The van der Waals surface area contributed by atoms with Crippen molar-refractivity contribution < 1.29 is 9.53 Å². The second-order valence-corrected chi connectivity index (χ2v) is 6.88. The summed E-state index contributed by atoms with van der Waals surface area (Å²) in [5.74, 6) is 0.692. The lowest BCUT2D eigenvalue weighted by Crippen LogP contribution is -2.32. The summed E-state index contributed by atoms with van der Waals surface area (Å²) >= 11 is 0. The van der Waals surface area contributed by atoms with Crippen LogP contribution in [0.4, 0.5) is 0 Å². The van der Waals surface area contributed by atoms with Gasteiger partial charge in [-0.05, 0) is 74.9 Å². The van der Waals surface area contributed by atoms with Crippen LogP contribution in [0.1, 0.15) is 52.8 Å². The molecule has 0 saturated carbocycles. The first kappa shape index (κ1) is 19.0. The number of carbonyl (C=O) groups is 1. The summed E-state index contributed by atoms with van der Waals surface area (Å²) in [6, 6.07) is 10.5. The van der Waals surface area contributed by atoms with E-state index in [1.54, 1.807) is 0 Å². The quantitative estimate of drug-likeness (QED) is 0.815. The van der Waals surface area contributed by atoms with Crippen molar-refractivity contribution in [2.24, 2.45) is 0 Å². The Morgan fingerprint density at radius 2 is 1.68 bits per heavy atom. The highest BCUT2D eigenvalue weighted by atomic mass is 16.5.